The van der Waals surface area contributed by atoms with Gasteiger partial charge in [-0.25, -0.2) is 4.98 Å². The van der Waals surface area contributed by atoms with E-state index in [1.165, 1.54) is 11.3 Å². The molecule has 2 rings (SSSR count). The molecule has 0 saturated carbocycles. The number of nitrogen functional groups attached to an aromatic ring is 1. The summed E-state index contributed by atoms with van der Waals surface area (Å²) in [5.41, 5.74) is 12.8. The van der Waals surface area contributed by atoms with Crippen molar-refractivity contribution < 1.29 is 4.79 Å². The molecule has 0 saturated heterocycles. The number of hydrogen-bond acceptors (Lipinski definition) is 5. The standard InChI is InChI=1S/C12H16N4OS/c1-3-6-16(2)7-4-5-15-12-8(7)9(13)10(18-12)11(14)17/h4-5H,3,6,13H2,1-2H3,(H2,14,17). The summed E-state index contributed by atoms with van der Waals surface area (Å²) in [7, 11) is 2.00. The van der Waals surface area contributed by atoms with Gasteiger partial charge in [-0.1, -0.05) is 6.92 Å². The van der Waals surface area contributed by atoms with E-state index in [9.17, 15) is 4.79 Å². The van der Waals surface area contributed by atoms with Gasteiger partial charge in [0.1, 0.15) is 9.71 Å². The van der Waals surface area contributed by atoms with Crippen LogP contribution in [0.1, 0.15) is 23.0 Å². The number of pyridine rings is 1. The number of primary amides is 1. The molecule has 5 nitrogen and oxygen atoms in total. The molecule has 0 unspecified atom stereocenters. The predicted octanol–water partition coefficient (Wildman–Crippen LogP) is 1.82. The molecular weight excluding hydrogens is 248 g/mol. The van der Waals surface area contributed by atoms with E-state index in [2.05, 4.69) is 16.8 Å². The Morgan fingerprint density at radius 2 is 2.28 bits per heavy atom. The van der Waals surface area contributed by atoms with E-state index in [1.807, 2.05) is 13.1 Å². The van der Waals surface area contributed by atoms with E-state index in [4.69, 9.17) is 11.5 Å². The molecule has 0 aliphatic carbocycles. The molecule has 0 bridgehead atoms. The van der Waals surface area contributed by atoms with E-state index >= 15 is 0 Å². The Balaban J connectivity index is 2.65. The van der Waals surface area contributed by atoms with Gasteiger partial charge in [-0.2, -0.15) is 0 Å². The van der Waals surface area contributed by atoms with Crippen molar-refractivity contribution in [2.45, 2.75) is 13.3 Å². The van der Waals surface area contributed by atoms with Gasteiger partial charge in [0.2, 0.25) is 0 Å². The maximum absolute atomic E-state index is 11.3. The molecule has 0 atom stereocenters. The summed E-state index contributed by atoms with van der Waals surface area (Å²) >= 11 is 1.24. The van der Waals surface area contributed by atoms with Crippen LogP contribution in [-0.2, 0) is 0 Å². The number of fused-ring (bicyclic) bond motifs is 1. The molecule has 2 aromatic heterocycles. The minimum Gasteiger partial charge on any atom is -0.397 e. The summed E-state index contributed by atoms with van der Waals surface area (Å²) in [6.45, 7) is 3.03. The Kier molecular flexibility index (Phi) is 3.38. The second-order valence-corrected chi connectivity index (χ2v) is 5.14. The monoisotopic (exact) mass is 264 g/mol. The lowest BCUT2D eigenvalue weighted by Gasteiger charge is -2.19. The van der Waals surface area contributed by atoms with Gasteiger partial charge < -0.3 is 16.4 Å². The lowest BCUT2D eigenvalue weighted by Crippen LogP contribution is -2.18. The Morgan fingerprint density at radius 1 is 1.56 bits per heavy atom. The minimum absolute atomic E-state index is 0.384. The fourth-order valence-electron chi connectivity index (χ4n) is 1.99. The molecule has 1 amide bonds. The largest absolute Gasteiger partial charge is 0.397 e. The normalized spacial score (nSPS) is 10.8. The van der Waals surface area contributed by atoms with Crippen LogP contribution in [0.15, 0.2) is 12.3 Å². The number of nitrogens with two attached hydrogens (primary N) is 2. The highest BCUT2D eigenvalue weighted by Gasteiger charge is 2.18. The van der Waals surface area contributed by atoms with Crippen LogP contribution >= 0.6 is 11.3 Å². The van der Waals surface area contributed by atoms with Crippen molar-refractivity contribution in [2.75, 3.05) is 24.2 Å². The maximum atomic E-state index is 11.3. The van der Waals surface area contributed by atoms with E-state index in [0.717, 1.165) is 28.9 Å². The van der Waals surface area contributed by atoms with Crippen LogP contribution < -0.4 is 16.4 Å². The summed E-state index contributed by atoms with van der Waals surface area (Å²) in [5, 5.41) is 0.826. The fraction of sp³-hybridized carbons (Fsp3) is 0.333. The van der Waals surface area contributed by atoms with Gasteiger partial charge in [0.15, 0.2) is 0 Å². The van der Waals surface area contributed by atoms with E-state index in [0.29, 0.717) is 10.6 Å². The lowest BCUT2D eigenvalue weighted by molar-refractivity contribution is 0.100. The number of nitrogens with zero attached hydrogens (tertiary/aromatic N) is 2. The van der Waals surface area contributed by atoms with E-state index in [1.54, 1.807) is 6.20 Å². The van der Waals surface area contributed by atoms with Gasteiger partial charge in [0.25, 0.3) is 5.91 Å². The highest BCUT2D eigenvalue weighted by molar-refractivity contribution is 7.21. The van der Waals surface area contributed by atoms with Crippen molar-refractivity contribution in [3.05, 3.63) is 17.1 Å². The average Bonchev–Trinajstić information content (AvgIpc) is 2.67. The predicted molar refractivity (Wildman–Crippen MR) is 76.1 cm³/mol. The first kappa shape index (κ1) is 12.6. The molecule has 0 aliphatic heterocycles. The second kappa shape index (κ2) is 4.81. The summed E-state index contributed by atoms with van der Waals surface area (Å²) in [4.78, 5) is 18.8. The van der Waals surface area contributed by atoms with Gasteiger partial charge in [-0.05, 0) is 12.5 Å². The molecular formula is C12H16N4OS. The van der Waals surface area contributed by atoms with E-state index < -0.39 is 5.91 Å². The van der Waals surface area contributed by atoms with Crippen LogP contribution in [0.3, 0.4) is 0 Å². The number of rotatable bonds is 4. The van der Waals surface area contributed by atoms with Crippen molar-refractivity contribution >= 4 is 38.8 Å². The third-order valence-electron chi connectivity index (χ3n) is 2.80. The van der Waals surface area contributed by atoms with Crippen molar-refractivity contribution in [2.24, 2.45) is 5.73 Å². The number of thiophene rings is 1. The van der Waals surface area contributed by atoms with Gasteiger partial charge in [0.05, 0.1) is 16.8 Å². The molecule has 18 heavy (non-hydrogen) atoms. The van der Waals surface area contributed by atoms with Crippen molar-refractivity contribution in [3.63, 3.8) is 0 Å². The van der Waals surface area contributed by atoms with Gasteiger partial charge in [-0.15, -0.1) is 11.3 Å². The van der Waals surface area contributed by atoms with Gasteiger partial charge in [0, 0.05) is 19.8 Å². The fourth-order valence-corrected chi connectivity index (χ4v) is 2.92. The van der Waals surface area contributed by atoms with Crippen LogP contribution in [-0.4, -0.2) is 24.5 Å². The zero-order valence-electron chi connectivity index (χ0n) is 10.4. The Bertz CT molecular complexity index is 593. The van der Waals surface area contributed by atoms with Crippen LogP contribution in [0.4, 0.5) is 11.4 Å². The maximum Gasteiger partial charge on any atom is 0.260 e. The van der Waals surface area contributed by atoms with Crippen LogP contribution in [0, 0.1) is 0 Å². The molecule has 0 spiro atoms. The number of carbonyl (C=O) groups excluding carboxylic acids is 1. The van der Waals surface area contributed by atoms with Crippen molar-refractivity contribution in [1.29, 1.82) is 0 Å². The first-order valence-corrected chi connectivity index (χ1v) is 6.55. The number of anilines is 2. The summed E-state index contributed by atoms with van der Waals surface area (Å²) in [6.07, 6.45) is 2.76. The summed E-state index contributed by atoms with van der Waals surface area (Å²) in [5.74, 6) is -0.500. The minimum atomic E-state index is -0.500. The topological polar surface area (TPSA) is 85.2 Å². The number of amides is 1. The van der Waals surface area contributed by atoms with Crippen LogP contribution in [0.5, 0.6) is 0 Å². The van der Waals surface area contributed by atoms with Crippen LogP contribution in [0.25, 0.3) is 10.2 Å². The SMILES string of the molecule is CCCN(C)c1ccnc2sc(C(N)=O)c(N)c12. The molecule has 6 heteroatoms. The number of hydrogen-bond donors (Lipinski definition) is 2. The Morgan fingerprint density at radius 3 is 2.89 bits per heavy atom. The highest BCUT2D eigenvalue weighted by Crippen LogP contribution is 2.37. The molecule has 2 heterocycles. The molecule has 4 N–H and O–H groups in total. The summed E-state index contributed by atoms with van der Waals surface area (Å²) < 4.78 is 0. The molecule has 2 aromatic rings. The number of aromatic nitrogens is 1. The van der Waals surface area contributed by atoms with Gasteiger partial charge >= 0.3 is 0 Å². The van der Waals surface area contributed by atoms with Gasteiger partial charge in [-0.3, -0.25) is 4.79 Å². The molecule has 0 aromatic carbocycles. The van der Waals surface area contributed by atoms with Crippen LogP contribution in [0.2, 0.25) is 0 Å². The third-order valence-corrected chi connectivity index (χ3v) is 3.93. The Labute approximate surface area is 109 Å². The van der Waals surface area contributed by atoms with Crippen molar-refractivity contribution in [1.82, 2.24) is 4.98 Å². The highest BCUT2D eigenvalue weighted by atomic mass is 32.1. The second-order valence-electron chi connectivity index (χ2n) is 4.14. The molecule has 0 radical (unpaired) electrons. The molecule has 96 valence electrons. The first-order valence-electron chi connectivity index (χ1n) is 5.74. The summed E-state index contributed by atoms with van der Waals surface area (Å²) in [6, 6.07) is 1.91. The molecule has 0 aliphatic rings. The smallest absolute Gasteiger partial charge is 0.260 e. The van der Waals surface area contributed by atoms with E-state index in [-0.39, 0.29) is 0 Å². The third kappa shape index (κ3) is 1.99. The Hall–Kier alpha value is -1.82. The first-order chi connectivity index (χ1) is 8.56. The zero-order chi connectivity index (χ0) is 13.3. The molecule has 0 fully saturated rings. The lowest BCUT2D eigenvalue weighted by atomic mass is 10.2. The number of carbonyl (C=O) groups is 1. The van der Waals surface area contributed by atoms with Crippen molar-refractivity contribution in [3.8, 4) is 0 Å². The zero-order valence-corrected chi connectivity index (χ0v) is 11.3. The average molecular weight is 264 g/mol. The quantitative estimate of drug-likeness (QED) is 0.882.